The van der Waals surface area contributed by atoms with Crippen LogP contribution in [0.1, 0.15) is 23.2 Å². The molecule has 1 fully saturated rings. The van der Waals surface area contributed by atoms with Crippen molar-refractivity contribution in [2.24, 2.45) is 5.92 Å². The number of nitrogens with zero attached hydrogens (tertiary/aromatic N) is 1. The Morgan fingerprint density at radius 3 is 2.25 bits per heavy atom. The van der Waals surface area contributed by atoms with Crippen LogP contribution >= 0.6 is 0 Å². The number of hydrogen-bond donors (Lipinski definition) is 0. The topological polar surface area (TPSA) is 63.7 Å². The summed E-state index contributed by atoms with van der Waals surface area (Å²) in [5, 5.41) is 0. The fraction of sp³-hybridized carbons (Fsp3) is 0.350. The van der Waals surface area contributed by atoms with Crippen LogP contribution in [-0.2, 0) is 9.84 Å². The van der Waals surface area contributed by atoms with E-state index in [1.54, 1.807) is 42.3 Å². The number of piperidine rings is 1. The van der Waals surface area contributed by atoms with Crippen molar-refractivity contribution < 1.29 is 26.7 Å². The van der Waals surface area contributed by atoms with Gasteiger partial charge >= 0.3 is 5.76 Å². The highest BCUT2D eigenvalue weighted by Crippen LogP contribution is 2.32. The summed E-state index contributed by atoms with van der Waals surface area (Å²) in [7, 11) is -3.14. The average molecular weight is 409 g/mol. The first-order valence-electron chi connectivity index (χ1n) is 8.89. The summed E-state index contributed by atoms with van der Waals surface area (Å²) in [6, 6.07) is 12.7. The lowest BCUT2D eigenvalue weighted by Gasteiger charge is -2.34. The van der Waals surface area contributed by atoms with E-state index in [0.717, 1.165) is 0 Å². The van der Waals surface area contributed by atoms with Gasteiger partial charge in [-0.3, -0.25) is 4.79 Å². The standard InChI is InChI=1S/C20H21F2NO4S/c1-27-16-8-6-14(7-9-16)19(24)15-10-12-23(13-11-15)17-4-2-3-5-18(17)28(25,26)20(21)22/h2-9,15,20H,10-13H2,1H3. The number of ether oxygens (including phenoxy) is 1. The molecule has 0 atom stereocenters. The lowest BCUT2D eigenvalue weighted by Crippen LogP contribution is -2.37. The number of halogens is 2. The molecule has 3 rings (SSSR count). The number of anilines is 1. The van der Waals surface area contributed by atoms with Gasteiger partial charge in [-0.1, -0.05) is 12.1 Å². The molecule has 0 N–H and O–H groups in total. The van der Waals surface area contributed by atoms with Crippen LogP contribution in [0.5, 0.6) is 5.75 Å². The zero-order valence-corrected chi connectivity index (χ0v) is 16.2. The van der Waals surface area contributed by atoms with E-state index in [0.29, 0.717) is 37.2 Å². The SMILES string of the molecule is COc1ccc(C(=O)C2CCN(c3ccccc3S(=O)(=O)C(F)F)CC2)cc1. The molecule has 0 aliphatic carbocycles. The Hall–Kier alpha value is -2.48. The summed E-state index contributed by atoms with van der Waals surface area (Å²) in [6.07, 6.45) is 1.04. The molecule has 1 aliphatic rings. The second-order valence-electron chi connectivity index (χ2n) is 6.63. The summed E-state index contributed by atoms with van der Waals surface area (Å²) in [4.78, 5) is 14.1. The molecule has 0 bridgehead atoms. The number of carbonyl (C=O) groups is 1. The molecule has 5 nitrogen and oxygen atoms in total. The van der Waals surface area contributed by atoms with Crippen LogP contribution in [0.15, 0.2) is 53.4 Å². The summed E-state index contributed by atoms with van der Waals surface area (Å²) < 4.78 is 55.0. The molecule has 150 valence electrons. The van der Waals surface area contributed by atoms with Crippen molar-refractivity contribution in [2.45, 2.75) is 23.5 Å². The van der Waals surface area contributed by atoms with Crippen LogP contribution in [0.3, 0.4) is 0 Å². The number of rotatable bonds is 6. The number of carbonyl (C=O) groups excluding carboxylic acids is 1. The number of alkyl halides is 2. The molecule has 8 heteroatoms. The summed E-state index contributed by atoms with van der Waals surface area (Å²) in [6.45, 7) is 0.838. The van der Waals surface area contributed by atoms with Gasteiger partial charge in [0.2, 0.25) is 9.84 Å². The number of methoxy groups -OCH3 is 1. The van der Waals surface area contributed by atoms with E-state index in [9.17, 15) is 22.0 Å². The average Bonchev–Trinajstić information content (AvgIpc) is 2.73. The number of hydrogen-bond acceptors (Lipinski definition) is 5. The maximum absolute atomic E-state index is 13.0. The van der Waals surface area contributed by atoms with Crippen LogP contribution in [0.25, 0.3) is 0 Å². The Kier molecular flexibility index (Phi) is 5.98. The van der Waals surface area contributed by atoms with Gasteiger partial charge in [0.1, 0.15) is 5.75 Å². The largest absolute Gasteiger partial charge is 0.497 e. The first-order valence-corrected chi connectivity index (χ1v) is 10.4. The Morgan fingerprint density at radius 1 is 1.07 bits per heavy atom. The summed E-state index contributed by atoms with van der Waals surface area (Å²) in [5.74, 6) is -2.97. The minimum Gasteiger partial charge on any atom is -0.497 e. The Bertz CT molecular complexity index is 937. The van der Waals surface area contributed by atoms with Gasteiger partial charge in [-0.2, -0.15) is 8.78 Å². The van der Waals surface area contributed by atoms with E-state index >= 15 is 0 Å². The summed E-state index contributed by atoms with van der Waals surface area (Å²) >= 11 is 0. The van der Waals surface area contributed by atoms with Gasteiger partial charge in [0.05, 0.1) is 17.7 Å². The monoisotopic (exact) mass is 409 g/mol. The van der Waals surface area contributed by atoms with E-state index in [2.05, 4.69) is 0 Å². The van der Waals surface area contributed by atoms with Crippen molar-refractivity contribution in [2.75, 3.05) is 25.1 Å². The molecular formula is C20H21F2NO4S. The van der Waals surface area contributed by atoms with E-state index in [4.69, 9.17) is 4.74 Å². The van der Waals surface area contributed by atoms with Crippen LogP contribution in [0, 0.1) is 5.92 Å². The van der Waals surface area contributed by atoms with E-state index in [1.807, 2.05) is 0 Å². The normalized spacial score (nSPS) is 15.6. The highest BCUT2D eigenvalue weighted by molar-refractivity contribution is 7.91. The molecule has 28 heavy (non-hydrogen) atoms. The third-order valence-corrected chi connectivity index (χ3v) is 6.41. The lowest BCUT2D eigenvalue weighted by molar-refractivity contribution is 0.0900. The molecule has 2 aromatic carbocycles. The van der Waals surface area contributed by atoms with Gasteiger partial charge in [0, 0.05) is 24.6 Å². The third kappa shape index (κ3) is 4.01. The molecule has 0 amide bonds. The maximum Gasteiger partial charge on any atom is 0.341 e. The first-order chi connectivity index (χ1) is 13.3. The number of Topliss-reactive ketones (excluding diaryl/α,β-unsaturated/α-hetero) is 1. The van der Waals surface area contributed by atoms with Crippen LogP contribution < -0.4 is 9.64 Å². The Morgan fingerprint density at radius 2 is 1.68 bits per heavy atom. The van der Waals surface area contributed by atoms with Gasteiger partial charge in [-0.25, -0.2) is 8.42 Å². The first kappa shape index (κ1) is 20.3. The molecule has 0 radical (unpaired) electrons. The number of sulfone groups is 1. The zero-order chi connectivity index (χ0) is 20.3. The van der Waals surface area contributed by atoms with Crippen molar-refractivity contribution in [3.8, 4) is 5.75 Å². The number of para-hydroxylation sites is 1. The fourth-order valence-corrected chi connectivity index (χ4v) is 4.38. The highest BCUT2D eigenvalue weighted by Gasteiger charge is 2.32. The van der Waals surface area contributed by atoms with Crippen LogP contribution in [-0.4, -0.2) is 40.2 Å². The lowest BCUT2D eigenvalue weighted by atomic mass is 9.88. The van der Waals surface area contributed by atoms with Gasteiger partial charge in [-0.05, 0) is 49.2 Å². The predicted molar refractivity (Wildman–Crippen MR) is 102 cm³/mol. The summed E-state index contributed by atoms with van der Waals surface area (Å²) in [5.41, 5.74) is 0.859. The van der Waals surface area contributed by atoms with Gasteiger partial charge in [-0.15, -0.1) is 0 Å². The van der Waals surface area contributed by atoms with Crippen molar-refractivity contribution >= 4 is 21.3 Å². The van der Waals surface area contributed by atoms with E-state index in [1.165, 1.54) is 18.2 Å². The van der Waals surface area contributed by atoms with Crippen LogP contribution in [0.4, 0.5) is 14.5 Å². The van der Waals surface area contributed by atoms with Gasteiger partial charge in [0.15, 0.2) is 5.78 Å². The fourth-order valence-electron chi connectivity index (χ4n) is 3.43. The van der Waals surface area contributed by atoms with E-state index in [-0.39, 0.29) is 22.3 Å². The molecule has 0 unspecified atom stereocenters. The quantitative estimate of drug-likeness (QED) is 0.680. The number of benzene rings is 2. The molecule has 0 aromatic heterocycles. The Balaban J connectivity index is 1.73. The molecule has 1 aliphatic heterocycles. The van der Waals surface area contributed by atoms with Gasteiger partial charge in [0.25, 0.3) is 0 Å². The number of ketones is 1. The zero-order valence-electron chi connectivity index (χ0n) is 15.3. The van der Waals surface area contributed by atoms with Gasteiger partial charge < -0.3 is 9.64 Å². The molecule has 1 heterocycles. The van der Waals surface area contributed by atoms with Crippen LogP contribution in [0.2, 0.25) is 0 Å². The minimum absolute atomic E-state index is 0.0239. The molecule has 0 spiro atoms. The van der Waals surface area contributed by atoms with Crippen molar-refractivity contribution in [3.63, 3.8) is 0 Å². The van der Waals surface area contributed by atoms with Crippen molar-refractivity contribution in [3.05, 3.63) is 54.1 Å². The Labute approximate surface area is 162 Å². The molecule has 2 aromatic rings. The van der Waals surface area contributed by atoms with Crippen molar-refractivity contribution in [1.29, 1.82) is 0 Å². The predicted octanol–water partition coefficient (Wildman–Crippen LogP) is 3.79. The van der Waals surface area contributed by atoms with E-state index < -0.39 is 15.6 Å². The van der Waals surface area contributed by atoms with Crippen molar-refractivity contribution in [1.82, 2.24) is 0 Å². The third-order valence-electron chi connectivity index (χ3n) is 4.99. The molecule has 1 saturated heterocycles. The minimum atomic E-state index is -4.69. The second-order valence-corrected chi connectivity index (χ2v) is 8.51. The second kappa shape index (κ2) is 8.26. The molecular weight excluding hydrogens is 388 g/mol. The smallest absolute Gasteiger partial charge is 0.341 e. The maximum atomic E-state index is 13.0. The highest BCUT2D eigenvalue weighted by atomic mass is 32.2. The molecule has 0 saturated carbocycles.